The van der Waals surface area contributed by atoms with E-state index >= 15 is 0 Å². The minimum atomic E-state index is -0.637. The second kappa shape index (κ2) is 7.52. The molecule has 5 nitrogen and oxygen atoms in total. The monoisotopic (exact) mass is 394 g/mol. The number of anilines is 1. The third-order valence-electron chi connectivity index (χ3n) is 4.99. The molecule has 2 heterocycles. The Labute approximate surface area is 167 Å². The predicted molar refractivity (Wildman–Crippen MR) is 107 cm³/mol. The Balaban J connectivity index is 1.65. The molecule has 28 heavy (non-hydrogen) atoms. The van der Waals surface area contributed by atoms with E-state index in [-0.39, 0.29) is 17.6 Å². The fourth-order valence-electron chi connectivity index (χ4n) is 3.50. The first-order valence-electron chi connectivity index (χ1n) is 9.01. The van der Waals surface area contributed by atoms with Crippen LogP contribution in [-0.2, 0) is 17.8 Å². The van der Waals surface area contributed by atoms with E-state index in [0.29, 0.717) is 23.7 Å². The highest BCUT2D eigenvalue weighted by Gasteiger charge is 2.36. The molecule has 1 aliphatic rings. The standard InChI is InChI=1S/C22H19ClN2O3/c1-14-11-17(23)8-9-18(14)24-21(26)19-12-15-5-2-3-6-16(15)13-25(19)22(27)20-7-4-10-28-20/h2-11,19H,12-13H2,1H3,(H,24,26). The molecule has 1 atom stereocenters. The summed E-state index contributed by atoms with van der Waals surface area (Å²) < 4.78 is 5.28. The molecule has 1 unspecified atom stereocenters. The van der Waals surface area contributed by atoms with Crippen LogP contribution in [0.15, 0.2) is 65.3 Å². The number of halogens is 1. The lowest BCUT2D eigenvalue weighted by molar-refractivity contribution is -0.121. The van der Waals surface area contributed by atoms with Crippen LogP contribution in [0.3, 0.4) is 0 Å². The van der Waals surface area contributed by atoms with Crippen molar-refractivity contribution in [2.45, 2.75) is 25.9 Å². The Morgan fingerprint density at radius 1 is 1.11 bits per heavy atom. The van der Waals surface area contributed by atoms with Crippen LogP contribution in [0.4, 0.5) is 5.69 Å². The summed E-state index contributed by atoms with van der Waals surface area (Å²) in [6.45, 7) is 2.23. The molecule has 0 aliphatic carbocycles. The zero-order valence-corrected chi connectivity index (χ0v) is 16.1. The van der Waals surface area contributed by atoms with E-state index in [4.69, 9.17) is 16.0 Å². The molecule has 2 amide bonds. The maximum absolute atomic E-state index is 13.1. The zero-order chi connectivity index (χ0) is 19.7. The topological polar surface area (TPSA) is 62.6 Å². The number of rotatable bonds is 3. The molecule has 0 saturated carbocycles. The summed E-state index contributed by atoms with van der Waals surface area (Å²) in [4.78, 5) is 27.7. The van der Waals surface area contributed by atoms with Gasteiger partial charge in [-0.05, 0) is 53.9 Å². The van der Waals surface area contributed by atoms with E-state index in [1.165, 1.54) is 6.26 Å². The summed E-state index contributed by atoms with van der Waals surface area (Å²) in [6, 6.07) is 15.8. The lowest BCUT2D eigenvalue weighted by Crippen LogP contribution is -2.50. The van der Waals surface area contributed by atoms with Crippen LogP contribution in [0.1, 0.15) is 27.2 Å². The van der Waals surface area contributed by atoms with Crippen molar-refractivity contribution in [1.29, 1.82) is 0 Å². The number of furan rings is 1. The SMILES string of the molecule is Cc1cc(Cl)ccc1NC(=O)C1Cc2ccccc2CN1C(=O)c1ccco1. The van der Waals surface area contributed by atoms with E-state index in [1.54, 1.807) is 35.2 Å². The average Bonchev–Trinajstić information content (AvgIpc) is 3.23. The fraction of sp³-hybridized carbons (Fsp3) is 0.182. The molecule has 0 fully saturated rings. The number of amides is 2. The summed E-state index contributed by atoms with van der Waals surface area (Å²) >= 11 is 6.00. The zero-order valence-electron chi connectivity index (χ0n) is 15.3. The number of hydrogen-bond donors (Lipinski definition) is 1. The maximum atomic E-state index is 13.1. The number of carbonyl (C=O) groups is 2. The van der Waals surface area contributed by atoms with E-state index in [2.05, 4.69) is 5.32 Å². The summed E-state index contributed by atoms with van der Waals surface area (Å²) in [5.41, 5.74) is 3.65. The molecule has 0 spiro atoms. The van der Waals surface area contributed by atoms with E-state index in [0.717, 1.165) is 16.7 Å². The van der Waals surface area contributed by atoms with Gasteiger partial charge in [0, 0.05) is 23.7 Å². The van der Waals surface area contributed by atoms with Crippen LogP contribution < -0.4 is 5.32 Å². The van der Waals surface area contributed by atoms with Crippen LogP contribution in [0.5, 0.6) is 0 Å². The van der Waals surface area contributed by atoms with Gasteiger partial charge in [-0.2, -0.15) is 0 Å². The Kier molecular flexibility index (Phi) is 4.92. The van der Waals surface area contributed by atoms with Crippen molar-refractivity contribution in [2.24, 2.45) is 0 Å². The molecule has 1 aliphatic heterocycles. The second-order valence-electron chi connectivity index (χ2n) is 6.85. The van der Waals surface area contributed by atoms with Gasteiger partial charge in [-0.15, -0.1) is 0 Å². The molecule has 0 bridgehead atoms. The molecule has 142 valence electrons. The Morgan fingerprint density at radius 3 is 2.61 bits per heavy atom. The third-order valence-corrected chi connectivity index (χ3v) is 5.23. The molecular weight excluding hydrogens is 376 g/mol. The highest BCUT2D eigenvalue weighted by molar-refractivity contribution is 6.30. The van der Waals surface area contributed by atoms with Crippen molar-refractivity contribution >= 4 is 29.1 Å². The van der Waals surface area contributed by atoms with E-state index in [9.17, 15) is 9.59 Å². The van der Waals surface area contributed by atoms with Gasteiger partial charge in [-0.1, -0.05) is 35.9 Å². The lowest BCUT2D eigenvalue weighted by Gasteiger charge is -2.35. The smallest absolute Gasteiger partial charge is 0.290 e. The van der Waals surface area contributed by atoms with Gasteiger partial charge in [-0.3, -0.25) is 9.59 Å². The van der Waals surface area contributed by atoms with Gasteiger partial charge in [0.15, 0.2) is 5.76 Å². The minimum absolute atomic E-state index is 0.222. The Hall–Kier alpha value is -3.05. The van der Waals surface area contributed by atoms with E-state index in [1.807, 2.05) is 31.2 Å². The van der Waals surface area contributed by atoms with Gasteiger partial charge in [0.1, 0.15) is 6.04 Å². The number of carbonyl (C=O) groups excluding carboxylic acids is 2. The van der Waals surface area contributed by atoms with Crippen LogP contribution >= 0.6 is 11.6 Å². The van der Waals surface area contributed by atoms with Gasteiger partial charge in [-0.25, -0.2) is 0 Å². The first-order chi connectivity index (χ1) is 13.5. The number of nitrogens with zero attached hydrogens (tertiary/aromatic N) is 1. The van der Waals surface area contributed by atoms with Crippen LogP contribution in [-0.4, -0.2) is 22.8 Å². The second-order valence-corrected chi connectivity index (χ2v) is 7.28. The maximum Gasteiger partial charge on any atom is 0.290 e. The molecule has 1 aromatic heterocycles. The van der Waals surface area contributed by atoms with Gasteiger partial charge >= 0.3 is 0 Å². The molecule has 1 N–H and O–H groups in total. The van der Waals surface area contributed by atoms with Crippen molar-refractivity contribution < 1.29 is 14.0 Å². The molecule has 2 aromatic carbocycles. The van der Waals surface area contributed by atoms with Crippen molar-refractivity contribution in [1.82, 2.24) is 4.90 Å². The summed E-state index contributed by atoms with van der Waals surface area (Å²) in [6.07, 6.45) is 1.90. The van der Waals surface area contributed by atoms with Crippen molar-refractivity contribution in [3.63, 3.8) is 0 Å². The summed E-state index contributed by atoms with van der Waals surface area (Å²) in [7, 11) is 0. The predicted octanol–water partition coefficient (Wildman–Crippen LogP) is 4.45. The van der Waals surface area contributed by atoms with Gasteiger partial charge in [0.2, 0.25) is 5.91 Å². The Bertz CT molecular complexity index is 1030. The fourth-order valence-corrected chi connectivity index (χ4v) is 3.72. The number of aryl methyl sites for hydroxylation is 1. The highest BCUT2D eigenvalue weighted by Crippen LogP contribution is 2.27. The average molecular weight is 395 g/mol. The number of benzene rings is 2. The lowest BCUT2D eigenvalue weighted by atomic mass is 9.93. The van der Waals surface area contributed by atoms with Crippen molar-refractivity contribution in [2.75, 3.05) is 5.32 Å². The van der Waals surface area contributed by atoms with Crippen molar-refractivity contribution in [3.8, 4) is 0 Å². The summed E-state index contributed by atoms with van der Waals surface area (Å²) in [5, 5.41) is 3.55. The minimum Gasteiger partial charge on any atom is -0.459 e. The van der Waals surface area contributed by atoms with Crippen LogP contribution in [0.2, 0.25) is 5.02 Å². The molecular formula is C22H19ClN2O3. The molecule has 6 heteroatoms. The first-order valence-corrected chi connectivity index (χ1v) is 9.39. The largest absolute Gasteiger partial charge is 0.459 e. The highest BCUT2D eigenvalue weighted by atomic mass is 35.5. The van der Waals surface area contributed by atoms with Gasteiger partial charge in [0.05, 0.1) is 6.26 Å². The number of nitrogens with one attached hydrogen (secondary N) is 1. The molecule has 4 rings (SSSR count). The molecule has 3 aromatic rings. The number of fused-ring (bicyclic) bond motifs is 1. The van der Waals surface area contributed by atoms with Gasteiger partial charge < -0.3 is 14.6 Å². The van der Waals surface area contributed by atoms with Crippen LogP contribution in [0.25, 0.3) is 0 Å². The quantitative estimate of drug-likeness (QED) is 0.714. The normalized spacial score (nSPS) is 15.8. The van der Waals surface area contributed by atoms with Crippen LogP contribution in [0, 0.1) is 6.92 Å². The molecule has 0 saturated heterocycles. The van der Waals surface area contributed by atoms with Crippen molar-refractivity contribution in [3.05, 3.63) is 88.3 Å². The summed E-state index contributed by atoms with van der Waals surface area (Å²) in [5.74, 6) is -0.313. The number of hydrogen-bond acceptors (Lipinski definition) is 3. The molecule has 0 radical (unpaired) electrons. The Morgan fingerprint density at radius 2 is 1.89 bits per heavy atom. The first kappa shape index (κ1) is 18.3. The van der Waals surface area contributed by atoms with E-state index < -0.39 is 6.04 Å². The van der Waals surface area contributed by atoms with Gasteiger partial charge in [0.25, 0.3) is 5.91 Å². The third kappa shape index (κ3) is 3.53.